The molecule has 1 fully saturated rings. The summed E-state index contributed by atoms with van der Waals surface area (Å²) >= 11 is 0. The molecule has 2 aromatic rings. The van der Waals surface area contributed by atoms with Gasteiger partial charge in [0.25, 0.3) is 0 Å². The molecule has 1 N–H and O–H groups in total. The van der Waals surface area contributed by atoms with E-state index in [2.05, 4.69) is 25.1 Å². The summed E-state index contributed by atoms with van der Waals surface area (Å²) in [5, 5.41) is 17.5. The highest BCUT2D eigenvalue weighted by Gasteiger charge is 2.26. The van der Waals surface area contributed by atoms with Crippen molar-refractivity contribution in [3.8, 4) is 0 Å². The van der Waals surface area contributed by atoms with Crippen molar-refractivity contribution >= 4 is 5.82 Å². The molecule has 1 unspecified atom stereocenters. The number of piperidine rings is 1. The second-order valence-electron chi connectivity index (χ2n) is 5.04. The lowest BCUT2D eigenvalue weighted by atomic mass is 9.97. The lowest BCUT2D eigenvalue weighted by Gasteiger charge is -2.32. The van der Waals surface area contributed by atoms with Crippen molar-refractivity contribution in [1.29, 1.82) is 0 Å². The molecule has 1 aliphatic heterocycles. The molecule has 1 saturated heterocycles. The lowest BCUT2D eigenvalue weighted by molar-refractivity contribution is 0.266. The second kappa shape index (κ2) is 5.54. The number of hydrogen-bond donors (Lipinski definition) is 1. The van der Waals surface area contributed by atoms with Gasteiger partial charge in [0.2, 0.25) is 0 Å². The molecular formula is C13H18N6O. The first-order valence-electron chi connectivity index (χ1n) is 6.79. The van der Waals surface area contributed by atoms with Crippen molar-refractivity contribution < 1.29 is 5.11 Å². The fraction of sp³-hybridized carbons (Fsp3) is 0.538. The van der Waals surface area contributed by atoms with Gasteiger partial charge in [0.15, 0.2) is 5.82 Å². The van der Waals surface area contributed by atoms with E-state index in [-0.39, 0.29) is 6.61 Å². The van der Waals surface area contributed by atoms with Crippen molar-refractivity contribution in [2.24, 2.45) is 7.05 Å². The third-order valence-corrected chi connectivity index (χ3v) is 3.80. The van der Waals surface area contributed by atoms with Crippen LogP contribution in [0.3, 0.4) is 0 Å². The summed E-state index contributed by atoms with van der Waals surface area (Å²) in [7, 11) is 1.90. The van der Waals surface area contributed by atoms with Gasteiger partial charge in [-0.2, -0.15) is 0 Å². The maximum atomic E-state index is 9.21. The van der Waals surface area contributed by atoms with Crippen LogP contribution in [0.2, 0.25) is 0 Å². The van der Waals surface area contributed by atoms with Crippen molar-refractivity contribution in [2.75, 3.05) is 18.0 Å². The van der Waals surface area contributed by atoms with Gasteiger partial charge in [0.1, 0.15) is 18.2 Å². The van der Waals surface area contributed by atoms with Crippen LogP contribution in [0.1, 0.15) is 30.4 Å². The quantitative estimate of drug-likeness (QED) is 0.877. The van der Waals surface area contributed by atoms with Gasteiger partial charge in [-0.25, -0.2) is 4.98 Å². The standard InChI is InChI=1S/C13H18N6O/c1-18-12(9-20)16-17-13(18)10-3-2-6-19(8-10)11-7-14-4-5-15-11/h4-5,7,10,20H,2-3,6,8-9H2,1H3. The summed E-state index contributed by atoms with van der Waals surface area (Å²) in [6, 6.07) is 0. The topological polar surface area (TPSA) is 80.0 Å². The Bertz CT molecular complexity index is 569. The highest BCUT2D eigenvalue weighted by atomic mass is 16.3. The maximum Gasteiger partial charge on any atom is 0.158 e. The number of anilines is 1. The van der Waals surface area contributed by atoms with E-state index < -0.39 is 0 Å². The number of aliphatic hydroxyl groups is 1. The van der Waals surface area contributed by atoms with E-state index >= 15 is 0 Å². The van der Waals surface area contributed by atoms with E-state index in [1.165, 1.54) is 0 Å². The van der Waals surface area contributed by atoms with Crippen molar-refractivity contribution in [3.05, 3.63) is 30.2 Å². The van der Waals surface area contributed by atoms with Gasteiger partial charge in [0, 0.05) is 38.4 Å². The fourth-order valence-corrected chi connectivity index (χ4v) is 2.72. The number of aromatic nitrogens is 5. The highest BCUT2D eigenvalue weighted by molar-refractivity contribution is 5.36. The maximum absolute atomic E-state index is 9.21. The van der Waals surface area contributed by atoms with Crippen LogP contribution in [0.25, 0.3) is 0 Å². The number of aliphatic hydroxyl groups excluding tert-OH is 1. The Balaban J connectivity index is 1.80. The van der Waals surface area contributed by atoms with Gasteiger partial charge >= 0.3 is 0 Å². The molecule has 20 heavy (non-hydrogen) atoms. The normalized spacial score (nSPS) is 19.3. The Morgan fingerprint density at radius 3 is 2.95 bits per heavy atom. The molecule has 0 bridgehead atoms. The molecule has 0 saturated carbocycles. The molecule has 7 heteroatoms. The van der Waals surface area contributed by atoms with Gasteiger partial charge in [-0.15, -0.1) is 10.2 Å². The molecule has 1 atom stereocenters. The minimum atomic E-state index is -0.0793. The Morgan fingerprint density at radius 2 is 2.25 bits per heavy atom. The Labute approximate surface area is 117 Å². The van der Waals surface area contributed by atoms with E-state index in [9.17, 15) is 5.11 Å². The van der Waals surface area contributed by atoms with Crippen LogP contribution in [0, 0.1) is 0 Å². The third kappa shape index (κ3) is 2.36. The van der Waals surface area contributed by atoms with E-state index in [0.717, 1.165) is 37.6 Å². The molecular weight excluding hydrogens is 256 g/mol. The van der Waals surface area contributed by atoms with Crippen molar-refractivity contribution in [2.45, 2.75) is 25.4 Å². The zero-order valence-electron chi connectivity index (χ0n) is 11.5. The zero-order chi connectivity index (χ0) is 13.9. The van der Waals surface area contributed by atoms with Crippen LogP contribution in [0.15, 0.2) is 18.6 Å². The summed E-state index contributed by atoms with van der Waals surface area (Å²) in [6.45, 7) is 1.76. The third-order valence-electron chi connectivity index (χ3n) is 3.80. The van der Waals surface area contributed by atoms with E-state index in [0.29, 0.717) is 11.7 Å². The SMILES string of the molecule is Cn1c(CO)nnc1C1CCCN(c2cnccn2)C1. The predicted octanol–water partition coefficient (Wildman–Crippen LogP) is 0.481. The molecule has 0 aliphatic carbocycles. The smallest absolute Gasteiger partial charge is 0.158 e. The summed E-state index contributed by atoms with van der Waals surface area (Å²) in [6.07, 6.45) is 7.35. The van der Waals surface area contributed by atoms with E-state index in [4.69, 9.17) is 0 Å². The number of hydrogen-bond acceptors (Lipinski definition) is 6. The molecule has 2 aromatic heterocycles. The van der Waals surface area contributed by atoms with Crippen molar-refractivity contribution in [3.63, 3.8) is 0 Å². The molecule has 106 valence electrons. The van der Waals surface area contributed by atoms with Crippen LogP contribution in [0.5, 0.6) is 0 Å². The Morgan fingerprint density at radius 1 is 1.35 bits per heavy atom. The average molecular weight is 274 g/mol. The molecule has 1 aliphatic rings. The first-order chi connectivity index (χ1) is 9.79. The second-order valence-corrected chi connectivity index (χ2v) is 5.04. The van der Waals surface area contributed by atoms with Crippen LogP contribution in [-0.2, 0) is 13.7 Å². The molecule has 0 radical (unpaired) electrons. The molecule has 3 heterocycles. The minimum absolute atomic E-state index is 0.0793. The highest BCUT2D eigenvalue weighted by Crippen LogP contribution is 2.27. The average Bonchev–Trinajstić information content (AvgIpc) is 2.89. The Hall–Kier alpha value is -2.02. The van der Waals surface area contributed by atoms with Crippen LogP contribution >= 0.6 is 0 Å². The molecule has 3 rings (SSSR count). The zero-order valence-corrected chi connectivity index (χ0v) is 11.5. The molecule has 0 aromatic carbocycles. The predicted molar refractivity (Wildman–Crippen MR) is 73.1 cm³/mol. The Kier molecular flexibility index (Phi) is 3.60. The van der Waals surface area contributed by atoms with Crippen molar-refractivity contribution in [1.82, 2.24) is 24.7 Å². The number of rotatable bonds is 3. The van der Waals surface area contributed by atoms with Gasteiger partial charge in [-0.3, -0.25) is 4.98 Å². The van der Waals surface area contributed by atoms with E-state index in [1.807, 2.05) is 11.6 Å². The molecule has 0 amide bonds. The van der Waals surface area contributed by atoms with Gasteiger partial charge in [-0.05, 0) is 12.8 Å². The van der Waals surface area contributed by atoms with Gasteiger partial charge in [-0.1, -0.05) is 0 Å². The summed E-state index contributed by atoms with van der Waals surface area (Å²) in [5.41, 5.74) is 0. The summed E-state index contributed by atoms with van der Waals surface area (Å²) in [5.74, 6) is 2.75. The largest absolute Gasteiger partial charge is 0.388 e. The number of nitrogens with zero attached hydrogens (tertiary/aromatic N) is 6. The minimum Gasteiger partial charge on any atom is -0.388 e. The fourth-order valence-electron chi connectivity index (χ4n) is 2.72. The summed E-state index contributed by atoms with van der Waals surface area (Å²) in [4.78, 5) is 10.7. The molecule has 0 spiro atoms. The van der Waals surface area contributed by atoms with Gasteiger partial charge < -0.3 is 14.6 Å². The first-order valence-corrected chi connectivity index (χ1v) is 6.79. The van der Waals surface area contributed by atoms with Crippen LogP contribution < -0.4 is 4.90 Å². The summed E-state index contributed by atoms with van der Waals surface area (Å²) < 4.78 is 1.89. The first kappa shape index (κ1) is 13.0. The molecule has 7 nitrogen and oxygen atoms in total. The van der Waals surface area contributed by atoms with E-state index in [1.54, 1.807) is 18.6 Å². The van der Waals surface area contributed by atoms with Crippen LogP contribution in [0.4, 0.5) is 5.82 Å². The lowest BCUT2D eigenvalue weighted by Crippen LogP contribution is -2.35. The van der Waals surface area contributed by atoms with Gasteiger partial charge in [0.05, 0.1) is 6.20 Å². The monoisotopic (exact) mass is 274 g/mol. The van der Waals surface area contributed by atoms with Crippen LogP contribution in [-0.4, -0.2) is 42.9 Å².